The molecule has 2 rings (SSSR count). The van der Waals surface area contributed by atoms with Crippen LogP contribution < -0.4 is 10.1 Å². The molecule has 4 heteroatoms. The van der Waals surface area contributed by atoms with Crippen LogP contribution in [0.1, 0.15) is 24.1 Å². The second-order valence-corrected chi connectivity index (χ2v) is 4.95. The molecule has 0 aliphatic carbocycles. The standard InChI is InChI=1S/C17H18FNO2/c1-12-4-3-5-16(10-12)21-11-17(20)19-13(2)14-6-8-15(18)9-7-14/h3-10,13H,11H2,1-2H3,(H,19,20)/t13-/m0/s1. The molecular weight excluding hydrogens is 269 g/mol. The lowest BCUT2D eigenvalue weighted by Gasteiger charge is -2.14. The molecule has 1 amide bonds. The maximum atomic E-state index is 12.8. The van der Waals surface area contributed by atoms with E-state index in [9.17, 15) is 9.18 Å². The molecule has 0 fully saturated rings. The smallest absolute Gasteiger partial charge is 0.258 e. The molecule has 1 atom stereocenters. The van der Waals surface area contributed by atoms with Crippen LogP contribution in [0.25, 0.3) is 0 Å². The molecule has 0 aliphatic heterocycles. The first-order chi connectivity index (χ1) is 10.0. The van der Waals surface area contributed by atoms with E-state index in [4.69, 9.17) is 4.74 Å². The van der Waals surface area contributed by atoms with Gasteiger partial charge in [0.1, 0.15) is 11.6 Å². The molecule has 0 spiro atoms. The lowest BCUT2D eigenvalue weighted by atomic mass is 10.1. The summed E-state index contributed by atoms with van der Waals surface area (Å²) in [7, 11) is 0. The van der Waals surface area contributed by atoms with Gasteiger partial charge in [-0.25, -0.2) is 4.39 Å². The molecule has 0 aliphatic rings. The Morgan fingerprint density at radius 2 is 1.95 bits per heavy atom. The summed E-state index contributed by atoms with van der Waals surface area (Å²) in [6.07, 6.45) is 0. The Kier molecular flexibility index (Phi) is 4.93. The maximum Gasteiger partial charge on any atom is 0.258 e. The maximum absolute atomic E-state index is 12.8. The molecule has 0 aromatic heterocycles. The van der Waals surface area contributed by atoms with Crippen molar-refractivity contribution in [2.24, 2.45) is 0 Å². The van der Waals surface area contributed by atoms with Crippen LogP contribution in [0.5, 0.6) is 5.75 Å². The molecule has 0 saturated carbocycles. The molecule has 0 unspecified atom stereocenters. The fraction of sp³-hybridized carbons (Fsp3) is 0.235. The van der Waals surface area contributed by atoms with Crippen LogP contribution in [0.15, 0.2) is 48.5 Å². The van der Waals surface area contributed by atoms with E-state index in [1.54, 1.807) is 12.1 Å². The van der Waals surface area contributed by atoms with Gasteiger partial charge in [0.05, 0.1) is 6.04 Å². The molecule has 1 N–H and O–H groups in total. The summed E-state index contributed by atoms with van der Waals surface area (Å²) in [5.74, 6) is 0.160. The highest BCUT2D eigenvalue weighted by Gasteiger charge is 2.10. The molecule has 3 nitrogen and oxygen atoms in total. The average Bonchev–Trinajstić information content (AvgIpc) is 2.46. The van der Waals surface area contributed by atoms with Crippen molar-refractivity contribution in [3.8, 4) is 5.75 Å². The van der Waals surface area contributed by atoms with Crippen LogP contribution in [-0.2, 0) is 4.79 Å². The Bertz CT molecular complexity index is 610. The number of aryl methyl sites for hydroxylation is 1. The molecule has 0 radical (unpaired) electrons. The number of carbonyl (C=O) groups is 1. The van der Waals surface area contributed by atoms with E-state index in [-0.39, 0.29) is 24.4 Å². The first-order valence-electron chi connectivity index (χ1n) is 6.79. The van der Waals surface area contributed by atoms with Crippen LogP contribution >= 0.6 is 0 Å². The molecule has 0 saturated heterocycles. The fourth-order valence-corrected chi connectivity index (χ4v) is 1.97. The normalized spacial score (nSPS) is 11.8. The third-order valence-electron chi connectivity index (χ3n) is 3.11. The number of ether oxygens (including phenoxy) is 1. The lowest BCUT2D eigenvalue weighted by Crippen LogP contribution is -2.31. The van der Waals surface area contributed by atoms with Crippen molar-refractivity contribution in [3.05, 3.63) is 65.5 Å². The van der Waals surface area contributed by atoms with Crippen molar-refractivity contribution in [2.45, 2.75) is 19.9 Å². The Hall–Kier alpha value is -2.36. The highest BCUT2D eigenvalue weighted by Crippen LogP contribution is 2.14. The van der Waals surface area contributed by atoms with Gasteiger partial charge in [0.15, 0.2) is 6.61 Å². The largest absolute Gasteiger partial charge is 0.484 e. The molecule has 21 heavy (non-hydrogen) atoms. The molecular formula is C17H18FNO2. The summed E-state index contributed by atoms with van der Waals surface area (Å²) in [4.78, 5) is 11.8. The van der Waals surface area contributed by atoms with Gasteiger partial charge in [-0.05, 0) is 49.2 Å². The Morgan fingerprint density at radius 3 is 2.62 bits per heavy atom. The summed E-state index contributed by atoms with van der Waals surface area (Å²) in [5.41, 5.74) is 1.92. The van der Waals surface area contributed by atoms with Crippen molar-refractivity contribution in [1.29, 1.82) is 0 Å². The third-order valence-corrected chi connectivity index (χ3v) is 3.11. The summed E-state index contributed by atoms with van der Waals surface area (Å²) in [6.45, 7) is 3.76. The van der Waals surface area contributed by atoms with Crippen molar-refractivity contribution >= 4 is 5.91 Å². The predicted octanol–water partition coefficient (Wildman–Crippen LogP) is 3.39. The highest BCUT2D eigenvalue weighted by molar-refractivity contribution is 5.78. The minimum Gasteiger partial charge on any atom is -0.484 e. The number of hydrogen-bond acceptors (Lipinski definition) is 2. The number of carbonyl (C=O) groups excluding carboxylic acids is 1. The predicted molar refractivity (Wildman–Crippen MR) is 79.6 cm³/mol. The van der Waals surface area contributed by atoms with Crippen LogP contribution in [0.4, 0.5) is 4.39 Å². The second kappa shape index (κ2) is 6.88. The van der Waals surface area contributed by atoms with Crippen LogP contribution in [-0.4, -0.2) is 12.5 Å². The van der Waals surface area contributed by atoms with Gasteiger partial charge < -0.3 is 10.1 Å². The van der Waals surface area contributed by atoms with Gasteiger partial charge in [0.2, 0.25) is 0 Å². The van der Waals surface area contributed by atoms with E-state index in [1.165, 1.54) is 12.1 Å². The second-order valence-electron chi connectivity index (χ2n) is 4.95. The summed E-state index contributed by atoms with van der Waals surface area (Å²) < 4.78 is 18.3. The molecule has 2 aromatic rings. The van der Waals surface area contributed by atoms with E-state index in [0.29, 0.717) is 5.75 Å². The lowest BCUT2D eigenvalue weighted by molar-refractivity contribution is -0.123. The summed E-state index contributed by atoms with van der Waals surface area (Å²) in [5, 5.41) is 2.81. The molecule has 0 heterocycles. The third kappa shape index (κ3) is 4.60. The number of rotatable bonds is 5. The average molecular weight is 287 g/mol. The van der Waals surface area contributed by atoms with Gasteiger partial charge in [-0.1, -0.05) is 24.3 Å². The van der Waals surface area contributed by atoms with Gasteiger partial charge in [-0.3, -0.25) is 4.79 Å². The van der Waals surface area contributed by atoms with E-state index in [2.05, 4.69) is 5.32 Å². The number of benzene rings is 2. The van der Waals surface area contributed by atoms with Gasteiger partial charge in [0.25, 0.3) is 5.91 Å². The van der Waals surface area contributed by atoms with E-state index in [1.807, 2.05) is 38.1 Å². The quantitative estimate of drug-likeness (QED) is 0.915. The van der Waals surface area contributed by atoms with Crippen molar-refractivity contribution in [2.75, 3.05) is 6.61 Å². The topological polar surface area (TPSA) is 38.3 Å². The number of hydrogen-bond donors (Lipinski definition) is 1. The van der Waals surface area contributed by atoms with Crippen molar-refractivity contribution < 1.29 is 13.9 Å². The Morgan fingerprint density at radius 1 is 1.24 bits per heavy atom. The van der Waals surface area contributed by atoms with Crippen LogP contribution in [0.3, 0.4) is 0 Å². The van der Waals surface area contributed by atoms with E-state index in [0.717, 1.165) is 11.1 Å². The van der Waals surface area contributed by atoms with Crippen LogP contribution in [0.2, 0.25) is 0 Å². The first-order valence-corrected chi connectivity index (χ1v) is 6.79. The van der Waals surface area contributed by atoms with E-state index < -0.39 is 0 Å². The highest BCUT2D eigenvalue weighted by atomic mass is 19.1. The van der Waals surface area contributed by atoms with E-state index >= 15 is 0 Å². The Balaban J connectivity index is 1.85. The number of amides is 1. The summed E-state index contributed by atoms with van der Waals surface area (Å²) >= 11 is 0. The fourth-order valence-electron chi connectivity index (χ4n) is 1.97. The molecule has 0 bridgehead atoms. The van der Waals surface area contributed by atoms with Crippen LogP contribution in [0, 0.1) is 12.7 Å². The summed E-state index contributed by atoms with van der Waals surface area (Å²) in [6, 6.07) is 13.4. The monoisotopic (exact) mass is 287 g/mol. The van der Waals surface area contributed by atoms with Gasteiger partial charge in [0, 0.05) is 0 Å². The van der Waals surface area contributed by atoms with Gasteiger partial charge >= 0.3 is 0 Å². The number of halogens is 1. The minimum atomic E-state index is -0.292. The number of nitrogens with one attached hydrogen (secondary N) is 1. The molecule has 110 valence electrons. The zero-order valence-electron chi connectivity index (χ0n) is 12.1. The van der Waals surface area contributed by atoms with Crippen molar-refractivity contribution in [3.63, 3.8) is 0 Å². The van der Waals surface area contributed by atoms with Crippen molar-refractivity contribution in [1.82, 2.24) is 5.32 Å². The first kappa shape index (κ1) is 15.0. The zero-order chi connectivity index (χ0) is 15.2. The zero-order valence-corrected chi connectivity index (χ0v) is 12.1. The van der Waals surface area contributed by atoms with Gasteiger partial charge in [-0.2, -0.15) is 0 Å². The molecule has 2 aromatic carbocycles. The SMILES string of the molecule is Cc1cccc(OCC(=O)N[C@@H](C)c2ccc(F)cc2)c1. The minimum absolute atomic E-state index is 0.0466. The van der Waals surface area contributed by atoms with Gasteiger partial charge in [-0.15, -0.1) is 0 Å². The Labute approximate surface area is 123 Å².